The van der Waals surface area contributed by atoms with Crippen LogP contribution in [-0.4, -0.2) is 30.6 Å². The summed E-state index contributed by atoms with van der Waals surface area (Å²) >= 11 is 0. The number of aromatic hydroxyl groups is 6. The highest BCUT2D eigenvalue weighted by Crippen LogP contribution is 2.58. The summed E-state index contributed by atoms with van der Waals surface area (Å²) in [6, 6.07) is 20.5. The number of fused-ring (bicyclic) bond motifs is 1. The van der Waals surface area contributed by atoms with Crippen molar-refractivity contribution in [1.29, 1.82) is 0 Å². The van der Waals surface area contributed by atoms with E-state index in [4.69, 9.17) is 0 Å². The highest BCUT2D eigenvalue weighted by Gasteiger charge is 2.41. The lowest BCUT2D eigenvalue weighted by Gasteiger charge is -2.23. The lowest BCUT2D eigenvalue weighted by atomic mass is 9.79. The molecule has 4 aromatic carbocycles. The standard InChI is InChI=1S/C28H22O6/c29-18-5-1-15(2-6-18)9-23-24-13-22(33)14-25(34)28(24)27(16-3-7-19(30)8-4-16)26(23)17-10-20(31)12-21(32)11-17/h1-14,26-27,29-34H/b23-9-/t26?,27-/m0/s1. The number of benzene rings is 4. The van der Waals surface area contributed by atoms with Gasteiger partial charge in [-0.3, -0.25) is 0 Å². The summed E-state index contributed by atoms with van der Waals surface area (Å²) < 4.78 is 0. The fourth-order valence-corrected chi connectivity index (χ4v) is 4.83. The average molecular weight is 454 g/mol. The van der Waals surface area contributed by atoms with Gasteiger partial charge in [0.05, 0.1) is 0 Å². The highest BCUT2D eigenvalue weighted by molar-refractivity contribution is 5.93. The summed E-state index contributed by atoms with van der Waals surface area (Å²) in [6.45, 7) is 0. The van der Waals surface area contributed by atoms with Gasteiger partial charge >= 0.3 is 0 Å². The molecule has 6 heteroatoms. The molecular formula is C28H22O6. The molecule has 1 aliphatic carbocycles. The molecule has 0 saturated carbocycles. The molecular weight excluding hydrogens is 432 g/mol. The van der Waals surface area contributed by atoms with E-state index in [1.165, 1.54) is 12.1 Å². The minimum absolute atomic E-state index is 0.0865. The van der Waals surface area contributed by atoms with Gasteiger partial charge in [-0.1, -0.05) is 30.3 Å². The van der Waals surface area contributed by atoms with E-state index in [-0.39, 0.29) is 34.5 Å². The zero-order chi connectivity index (χ0) is 24.0. The van der Waals surface area contributed by atoms with Crippen molar-refractivity contribution in [3.05, 3.63) is 107 Å². The SMILES string of the molecule is Oc1ccc(/C=C2/c3cc(O)cc(O)c3[C@@H](c3ccc(O)cc3)C2c2cc(O)cc(O)c2)cc1. The second kappa shape index (κ2) is 8.08. The predicted octanol–water partition coefficient (Wildman–Crippen LogP) is 5.39. The van der Waals surface area contributed by atoms with Crippen LogP contribution < -0.4 is 0 Å². The number of hydrogen-bond acceptors (Lipinski definition) is 6. The number of allylic oxidation sites excluding steroid dienone is 1. The van der Waals surface area contributed by atoms with Crippen LogP contribution in [0.1, 0.15) is 39.7 Å². The van der Waals surface area contributed by atoms with Crippen molar-refractivity contribution in [3.63, 3.8) is 0 Å². The topological polar surface area (TPSA) is 121 Å². The van der Waals surface area contributed by atoms with Gasteiger partial charge < -0.3 is 30.6 Å². The molecule has 0 saturated heterocycles. The summed E-state index contributed by atoms with van der Waals surface area (Å²) in [5.41, 5.74) is 4.13. The van der Waals surface area contributed by atoms with E-state index in [9.17, 15) is 30.6 Å². The number of rotatable bonds is 3. The molecule has 0 spiro atoms. The Balaban J connectivity index is 1.82. The average Bonchev–Trinajstić information content (AvgIpc) is 3.09. The van der Waals surface area contributed by atoms with Crippen LogP contribution in [0.2, 0.25) is 0 Å². The molecule has 0 amide bonds. The van der Waals surface area contributed by atoms with Crippen LogP contribution in [0.15, 0.2) is 78.9 Å². The maximum atomic E-state index is 10.9. The normalized spacial score (nSPS) is 18.2. The van der Waals surface area contributed by atoms with Gasteiger partial charge in [0.1, 0.15) is 34.5 Å². The first kappa shape index (κ1) is 21.3. The van der Waals surface area contributed by atoms with Crippen molar-refractivity contribution in [2.75, 3.05) is 0 Å². The Labute approximate surface area is 195 Å². The Hall–Kier alpha value is -4.58. The van der Waals surface area contributed by atoms with Gasteiger partial charge in [-0.15, -0.1) is 0 Å². The van der Waals surface area contributed by atoms with Gasteiger partial charge in [0.15, 0.2) is 0 Å². The molecule has 5 rings (SSSR count). The van der Waals surface area contributed by atoms with Gasteiger partial charge in [-0.05, 0) is 70.3 Å². The Bertz CT molecular complexity index is 1380. The van der Waals surface area contributed by atoms with Crippen LogP contribution in [0, 0.1) is 0 Å². The van der Waals surface area contributed by atoms with Gasteiger partial charge in [0.2, 0.25) is 0 Å². The zero-order valence-electron chi connectivity index (χ0n) is 17.9. The molecule has 6 N–H and O–H groups in total. The van der Waals surface area contributed by atoms with E-state index in [2.05, 4.69) is 0 Å². The third-order valence-corrected chi connectivity index (χ3v) is 6.18. The molecule has 2 atom stereocenters. The van der Waals surface area contributed by atoms with Gasteiger partial charge in [0, 0.05) is 29.5 Å². The van der Waals surface area contributed by atoms with E-state index in [1.54, 1.807) is 66.7 Å². The lowest BCUT2D eigenvalue weighted by Crippen LogP contribution is -2.08. The number of hydrogen-bond donors (Lipinski definition) is 6. The fourth-order valence-electron chi connectivity index (χ4n) is 4.83. The zero-order valence-corrected chi connectivity index (χ0v) is 17.9. The Kier molecular flexibility index (Phi) is 5.06. The molecule has 170 valence electrons. The number of phenols is 6. The van der Waals surface area contributed by atoms with Crippen LogP contribution in [-0.2, 0) is 0 Å². The summed E-state index contributed by atoms with van der Waals surface area (Å²) in [5, 5.41) is 61.2. The van der Waals surface area contributed by atoms with Gasteiger partial charge in [-0.2, -0.15) is 0 Å². The van der Waals surface area contributed by atoms with E-state index in [0.717, 1.165) is 16.7 Å². The van der Waals surface area contributed by atoms with Crippen molar-refractivity contribution in [3.8, 4) is 34.5 Å². The Morgan fingerprint density at radius 2 is 1.06 bits per heavy atom. The van der Waals surface area contributed by atoms with Crippen molar-refractivity contribution in [1.82, 2.24) is 0 Å². The smallest absolute Gasteiger partial charge is 0.123 e. The lowest BCUT2D eigenvalue weighted by molar-refractivity contribution is 0.444. The van der Waals surface area contributed by atoms with E-state index in [1.807, 2.05) is 6.08 Å². The maximum absolute atomic E-state index is 10.9. The third-order valence-electron chi connectivity index (χ3n) is 6.18. The second-order valence-corrected chi connectivity index (χ2v) is 8.45. The summed E-state index contributed by atoms with van der Waals surface area (Å²) in [4.78, 5) is 0. The van der Waals surface area contributed by atoms with Crippen molar-refractivity contribution in [2.45, 2.75) is 11.8 Å². The highest BCUT2D eigenvalue weighted by atomic mass is 16.3. The second-order valence-electron chi connectivity index (χ2n) is 8.45. The minimum Gasteiger partial charge on any atom is -0.508 e. The molecule has 0 aromatic heterocycles. The monoisotopic (exact) mass is 454 g/mol. The Morgan fingerprint density at radius 3 is 1.68 bits per heavy atom. The first-order chi connectivity index (χ1) is 16.3. The first-order valence-corrected chi connectivity index (χ1v) is 10.7. The molecule has 34 heavy (non-hydrogen) atoms. The summed E-state index contributed by atoms with van der Waals surface area (Å²) in [7, 11) is 0. The molecule has 6 nitrogen and oxygen atoms in total. The molecule has 1 unspecified atom stereocenters. The van der Waals surface area contributed by atoms with Gasteiger partial charge in [-0.25, -0.2) is 0 Å². The minimum atomic E-state index is -0.459. The van der Waals surface area contributed by atoms with Crippen LogP contribution in [0.3, 0.4) is 0 Å². The maximum Gasteiger partial charge on any atom is 0.123 e. The van der Waals surface area contributed by atoms with E-state index in [0.29, 0.717) is 16.7 Å². The first-order valence-electron chi connectivity index (χ1n) is 10.7. The van der Waals surface area contributed by atoms with Crippen LogP contribution in [0.25, 0.3) is 11.6 Å². The quantitative estimate of drug-likeness (QED) is 0.247. The van der Waals surface area contributed by atoms with Crippen molar-refractivity contribution in [2.24, 2.45) is 0 Å². The molecule has 0 aliphatic heterocycles. The fraction of sp³-hybridized carbons (Fsp3) is 0.0714. The van der Waals surface area contributed by atoms with Crippen LogP contribution in [0.4, 0.5) is 0 Å². The summed E-state index contributed by atoms with van der Waals surface area (Å²) in [6.07, 6.45) is 1.89. The van der Waals surface area contributed by atoms with Gasteiger partial charge in [0.25, 0.3) is 0 Å². The van der Waals surface area contributed by atoms with Crippen LogP contribution >= 0.6 is 0 Å². The van der Waals surface area contributed by atoms with E-state index < -0.39 is 11.8 Å². The molecule has 0 fully saturated rings. The molecule has 4 aromatic rings. The molecule has 1 aliphatic rings. The van der Waals surface area contributed by atoms with Crippen LogP contribution in [0.5, 0.6) is 34.5 Å². The van der Waals surface area contributed by atoms with E-state index >= 15 is 0 Å². The van der Waals surface area contributed by atoms with Crippen molar-refractivity contribution >= 4 is 11.6 Å². The largest absolute Gasteiger partial charge is 0.508 e. The molecule has 0 radical (unpaired) electrons. The molecule has 0 bridgehead atoms. The van der Waals surface area contributed by atoms with Crippen molar-refractivity contribution < 1.29 is 30.6 Å². The molecule has 0 heterocycles. The Morgan fingerprint density at radius 1 is 0.500 bits per heavy atom. The third kappa shape index (κ3) is 3.75. The predicted molar refractivity (Wildman–Crippen MR) is 128 cm³/mol. The summed E-state index contributed by atoms with van der Waals surface area (Å²) in [5.74, 6) is -1.07. The number of phenolic OH excluding ortho intramolecular Hbond substituents is 6.